The Balaban J connectivity index is 2.23. The molecule has 4 N–H and O–H groups in total. The highest BCUT2D eigenvalue weighted by atomic mass is 32.1. The van der Waals surface area contributed by atoms with Crippen LogP contribution in [0.25, 0.3) is 22.4 Å². The summed E-state index contributed by atoms with van der Waals surface area (Å²) in [6, 6.07) is 5.35. The van der Waals surface area contributed by atoms with Gasteiger partial charge in [-0.15, -0.1) is 0 Å². The number of thiocarbonyl (C=S) groups is 1. The van der Waals surface area contributed by atoms with Gasteiger partial charge in [-0.3, -0.25) is 9.48 Å². The zero-order valence-corrected chi connectivity index (χ0v) is 14.9. The molecule has 0 aliphatic heterocycles. The van der Waals surface area contributed by atoms with Gasteiger partial charge >= 0.3 is 0 Å². The second-order valence-electron chi connectivity index (χ2n) is 5.45. The van der Waals surface area contributed by atoms with Gasteiger partial charge in [-0.1, -0.05) is 0 Å². The standard InChI is InChI=1S/C16H18N6O2S/c1-4-24-11-6-5-9(18-16(17)25)7-10(11)14-19-12-8(2)21-22(3)13(12)15(23)20-14/h5-7H,4H2,1-3H3,(H3,17,18,25)(H,19,20,23). The van der Waals surface area contributed by atoms with E-state index in [0.717, 1.165) is 0 Å². The summed E-state index contributed by atoms with van der Waals surface area (Å²) in [5.74, 6) is 0.990. The number of rotatable bonds is 4. The third-order valence-electron chi connectivity index (χ3n) is 3.66. The lowest BCUT2D eigenvalue weighted by molar-refractivity contribution is 0.341. The predicted octanol–water partition coefficient (Wildman–Crippen LogP) is 1.69. The highest BCUT2D eigenvalue weighted by Gasteiger charge is 2.16. The number of fused-ring (bicyclic) bond motifs is 1. The molecule has 3 rings (SSSR count). The summed E-state index contributed by atoms with van der Waals surface area (Å²) in [6.07, 6.45) is 0. The molecule has 0 saturated carbocycles. The van der Waals surface area contributed by atoms with E-state index < -0.39 is 0 Å². The molecular formula is C16H18N6O2S. The number of hydrogen-bond donors (Lipinski definition) is 3. The fourth-order valence-electron chi connectivity index (χ4n) is 2.69. The molecule has 0 radical (unpaired) electrons. The Labute approximate surface area is 149 Å². The van der Waals surface area contributed by atoms with Crippen LogP contribution in [0.3, 0.4) is 0 Å². The number of nitrogens with two attached hydrogens (primary N) is 1. The van der Waals surface area contributed by atoms with Crippen molar-refractivity contribution in [1.82, 2.24) is 19.7 Å². The van der Waals surface area contributed by atoms with Gasteiger partial charge < -0.3 is 20.8 Å². The molecule has 0 bridgehead atoms. The summed E-state index contributed by atoms with van der Waals surface area (Å²) in [5.41, 5.74) is 8.24. The van der Waals surface area contributed by atoms with E-state index >= 15 is 0 Å². The summed E-state index contributed by atoms with van der Waals surface area (Å²) in [6.45, 7) is 4.18. The lowest BCUT2D eigenvalue weighted by Crippen LogP contribution is -2.19. The van der Waals surface area contributed by atoms with Crippen molar-refractivity contribution < 1.29 is 4.74 Å². The molecule has 0 fully saturated rings. The van der Waals surface area contributed by atoms with E-state index in [4.69, 9.17) is 22.7 Å². The fraction of sp³-hybridized carbons (Fsp3) is 0.250. The summed E-state index contributed by atoms with van der Waals surface area (Å²) < 4.78 is 7.19. The van der Waals surface area contributed by atoms with Gasteiger partial charge in [0.05, 0.1) is 17.9 Å². The number of aryl methyl sites for hydroxylation is 2. The molecule has 2 aromatic heterocycles. The Morgan fingerprint density at radius 2 is 2.24 bits per heavy atom. The first-order valence-corrected chi connectivity index (χ1v) is 8.08. The minimum Gasteiger partial charge on any atom is -0.493 e. The number of benzene rings is 1. The van der Waals surface area contributed by atoms with Crippen LogP contribution in [-0.2, 0) is 7.05 Å². The topological polar surface area (TPSA) is 111 Å². The minimum atomic E-state index is -0.266. The monoisotopic (exact) mass is 358 g/mol. The number of hydrogen-bond acceptors (Lipinski definition) is 5. The van der Waals surface area contributed by atoms with E-state index in [0.29, 0.717) is 46.2 Å². The van der Waals surface area contributed by atoms with Crippen molar-refractivity contribution in [2.45, 2.75) is 13.8 Å². The zero-order valence-electron chi connectivity index (χ0n) is 14.1. The van der Waals surface area contributed by atoms with Crippen molar-refractivity contribution in [3.63, 3.8) is 0 Å². The van der Waals surface area contributed by atoms with E-state index in [1.54, 1.807) is 25.2 Å². The normalized spacial score (nSPS) is 10.8. The largest absolute Gasteiger partial charge is 0.493 e. The Morgan fingerprint density at radius 1 is 1.48 bits per heavy atom. The summed E-state index contributed by atoms with van der Waals surface area (Å²) in [7, 11) is 1.71. The van der Waals surface area contributed by atoms with Gasteiger partial charge in [0.25, 0.3) is 5.56 Å². The van der Waals surface area contributed by atoms with Crippen LogP contribution in [0.2, 0.25) is 0 Å². The van der Waals surface area contributed by atoms with Gasteiger partial charge in [-0.2, -0.15) is 5.10 Å². The summed E-state index contributed by atoms with van der Waals surface area (Å²) in [5, 5.41) is 7.28. The van der Waals surface area contributed by atoms with Crippen molar-refractivity contribution in [2.24, 2.45) is 12.8 Å². The van der Waals surface area contributed by atoms with Gasteiger partial charge in [-0.05, 0) is 44.3 Å². The molecule has 0 amide bonds. The molecule has 1 aromatic carbocycles. The smallest absolute Gasteiger partial charge is 0.277 e. The predicted molar refractivity (Wildman–Crippen MR) is 101 cm³/mol. The van der Waals surface area contributed by atoms with E-state index in [1.165, 1.54) is 4.68 Å². The lowest BCUT2D eigenvalue weighted by atomic mass is 10.1. The first kappa shape index (κ1) is 16.9. The lowest BCUT2D eigenvalue weighted by Gasteiger charge is -2.12. The number of nitrogens with one attached hydrogen (secondary N) is 2. The van der Waals surface area contributed by atoms with Crippen LogP contribution in [-0.4, -0.2) is 31.5 Å². The van der Waals surface area contributed by atoms with Crippen LogP contribution < -0.4 is 21.3 Å². The first-order valence-electron chi connectivity index (χ1n) is 7.68. The zero-order chi connectivity index (χ0) is 18.1. The van der Waals surface area contributed by atoms with Gasteiger partial charge in [0.2, 0.25) is 0 Å². The average Bonchev–Trinajstić information content (AvgIpc) is 2.83. The number of H-pyrrole nitrogens is 1. The first-order chi connectivity index (χ1) is 11.9. The number of ether oxygens (including phenoxy) is 1. The van der Waals surface area contributed by atoms with E-state index in [2.05, 4.69) is 20.4 Å². The van der Waals surface area contributed by atoms with E-state index in [-0.39, 0.29) is 10.7 Å². The van der Waals surface area contributed by atoms with Crippen molar-refractivity contribution in [2.75, 3.05) is 11.9 Å². The van der Waals surface area contributed by atoms with Crippen LogP contribution in [0.4, 0.5) is 5.69 Å². The third kappa shape index (κ3) is 3.18. The second kappa shape index (κ2) is 6.52. The SMILES string of the molecule is CCOc1ccc(NC(N)=S)cc1-c1nc2c(C)nn(C)c2c(=O)[nH]1. The summed E-state index contributed by atoms with van der Waals surface area (Å²) >= 11 is 4.88. The molecule has 0 spiro atoms. The average molecular weight is 358 g/mol. The maximum absolute atomic E-state index is 12.5. The van der Waals surface area contributed by atoms with Crippen LogP contribution in [0.15, 0.2) is 23.0 Å². The Bertz CT molecular complexity index is 1020. The fourth-order valence-corrected chi connectivity index (χ4v) is 2.80. The van der Waals surface area contributed by atoms with Crippen molar-refractivity contribution in [1.29, 1.82) is 0 Å². The van der Waals surface area contributed by atoms with Crippen LogP contribution in [0.1, 0.15) is 12.6 Å². The van der Waals surface area contributed by atoms with Crippen LogP contribution in [0.5, 0.6) is 5.75 Å². The maximum Gasteiger partial charge on any atom is 0.277 e. The van der Waals surface area contributed by atoms with Gasteiger partial charge in [0, 0.05) is 12.7 Å². The number of aromatic amines is 1. The molecule has 0 aliphatic carbocycles. The number of anilines is 1. The maximum atomic E-state index is 12.5. The third-order valence-corrected chi connectivity index (χ3v) is 3.77. The molecule has 130 valence electrons. The molecular weight excluding hydrogens is 340 g/mol. The Kier molecular flexibility index (Phi) is 4.41. The molecule has 9 heteroatoms. The van der Waals surface area contributed by atoms with E-state index in [1.807, 2.05) is 13.8 Å². The van der Waals surface area contributed by atoms with Crippen molar-refractivity contribution >= 4 is 34.1 Å². The Morgan fingerprint density at radius 3 is 2.92 bits per heavy atom. The highest BCUT2D eigenvalue weighted by Crippen LogP contribution is 2.31. The summed E-state index contributed by atoms with van der Waals surface area (Å²) in [4.78, 5) is 19.9. The molecule has 0 unspecified atom stereocenters. The molecule has 0 aliphatic rings. The second-order valence-corrected chi connectivity index (χ2v) is 5.89. The molecule has 2 heterocycles. The van der Waals surface area contributed by atoms with Crippen LogP contribution >= 0.6 is 12.2 Å². The van der Waals surface area contributed by atoms with E-state index in [9.17, 15) is 4.79 Å². The van der Waals surface area contributed by atoms with Gasteiger partial charge in [-0.25, -0.2) is 4.98 Å². The van der Waals surface area contributed by atoms with Crippen LogP contribution in [0, 0.1) is 6.92 Å². The highest BCUT2D eigenvalue weighted by molar-refractivity contribution is 7.80. The van der Waals surface area contributed by atoms with Crippen molar-refractivity contribution in [3.8, 4) is 17.1 Å². The number of nitrogens with zero attached hydrogens (tertiary/aromatic N) is 3. The molecule has 8 nitrogen and oxygen atoms in total. The minimum absolute atomic E-state index is 0.148. The molecule has 3 aromatic rings. The number of aromatic nitrogens is 4. The quantitative estimate of drug-likeness (QED) is 0.609. The van der Waals surface area contributed by atoms with Gasteiger partial charge in [0.15, 0.2) is 10.6 Å². The molecule has 0 saturated heterocycles. The van der Waals surface area contributed by atoms with Crippen molar-refractivity contribution in [3.05, 3.63) is 34.2 Å². The van der Waals surface area contributed by atoms with Gasteiger partial charge in [0.1, 0.15) is 17.1 Å². The molecule has 0 atom stereocenters. The molecule has 25 heavy (non-hydrogen) atoms. The Hall–Kier alpha value is -2.94.